The molecule has 1 aromatic heterocycles. The predicted octanol–water partition coefficient (Wildman–Crippen LogP) is 4.20. The molecule has 1 aliphatic carbocycles. The van der Waals surface area contributed by atoms with Gasteiger partial charge in [0.2, 0.25) is 0 Å². The average molecular weight is 482 g/mol. The Hall–Kier alpha value is -2.31. The number of aromatic nitrogens is 2. The molecule has 1 saturated heterocycles. The minimum absolute atomic E-state index is 0.0133. The summed E-state index contributed by atoms with van der Waals surface area (Å²) in [7, 11) is 0. The maximum Gasteiger partial charge on any atom is 0.394 e. The third kappa shape index (κ3) is 5.28. The first-order chi connectivity index (χ1) is 15.6. The molecular weight excluding hydrogens is 455 g/mol. The molecule has 10 heteroatoms. The lowest BCUT2D eigenvalue weighted by Gasteiger charge is -2.44. The van der Waals surface area contributed by atoms with Crippen LogP contribution in [0.5, 0.6) is 0 Å². The van der Waals surface area contributed by atoms with Crippen LogP contribution >= 0.6 is 11.6 Å². The first-order valence-electron chi connectivity index (χ1n) is 11.2. The van der Waals surface area contributed by atoms with Gasteiger partial charge in [0.15, 0.2) is 0 Å². The Bertz CT molecular complexity index is 1090. The van der Waals surface area contributed by atoms with Gasteiger partial charge in [0.25, 0.3) is 5.56 Å². The van der Waals surface area contributed by atoms with Gasteiger partial charge in [0, 0.05) is 49.7 Å². The van der Waals surface area contributed by atoms with E-state index in [1.165, 1.54) is 11.1 Å². The van der Waals surface area contributed by atoms with Crippen LogP contribution in [0.15, 0.2) is 39.1 Å². The van der Waals surface area contributed by atoms with E-state index in [0.29, 0.717) is 43.4 Å². The van der Waals surface area contributed by atoms with E-state index < -0.39 is 12.6 Å². The predicted molar refractivity (Wildman–Crippen MR) is 122 cm³/mol. The molecule has 3 aliphatic rings. The Kier molecular flexibility index (Phi) is 6.87. The zero-order chi connectivity index (χ0) is 23.8. The molecule has 4 rings (SSSR count). The summed E-state index contributed by atoms with van der Waals surface area (Å²) in [6.45, 7) is 6.24. The van der Waals surface area contributed by atoms with Crippen molar-refractivity contribution < 1.29 is 13.2 Å². The summed E-state index contributed by atoms with van der Waals surface area (Å²) in [5.41, 5.74) is 3.50. The number of hydrogen-bond donors (Lipinski definition) is 0. The van der Waals surface area contributed by atoms with Gasteiger partial charge in [0.1, 0.15) is 5.02 Å². The van der Waals surface area contributed by atoms with Crippen LogP contribution in [0.3, 0.4) is 0 Å². The highest BCUT2D eigenvalue weighted by Crippen LogP contribution is 2.32. The van der Waals surface area contributed by atoms with E-state index >= 15 is 0 Å². The number of anilines is 1. The van der Waals surface area contributed by atoms with Crippen LogP contribution in [0.2, 0.25) is 5.02 Å². The molecule has 0 amide bonds. The molecule has 2 atom stereocenters. The van der Waals surface area contributed by atoms with Gasteiger partial charge in [-0.3, -0.25) is 9.69 Å². The summed E-state index contributed by atoms with van der Waals surface area (Å²) in [6, 6.07) is -0.282. The van der Waals surface area contributed by atoms with Crippen LogP contribution in [0.25, 0.3) is 0 Å². The summed E-state index contributed by atoms with van der Waals surface area (Å²) in [4.78, 5) is 20.7. The van der Waals surface area contributed by atoms with Gasteiger partial charge in [-0.15, -0.1) is 0 Å². The van der Waals surface area contributed by atoms with E-state index in [4.69, 9.17) is 11.6 Å². The van der Waals surface area contributed by atoms with Gasteiger partial charge >= 0.3 is 6.18 Å². The molecule has 0 aromatic carbocycles. The molecule has 0 N–H and O–H groups in total. The summed E-state index contributed by atoms with van der Waals surface area (Å²) in [5, 5.41) is 4.53. The van der Waals surface area contributed by atoms with E-state index in [0.717, 1.165) is 12.8 Å². The maximum absolute atomic E-state index is 13.0. The lowest BCUT2D eigenvalue weighted by atomic mass is 9.85. The van der Waals surface area contributed by atoms with Crippen LogP contribution in [-0.4, -0.2) is 58.4 Å². The van der Waals surface area contributed by atoms with Crippen LogP contribution in [0.1, 0.15) is 39.5 Å². The highest BCUT2D eigenvalue weighted by molar-refractivity contribution is 6.33. The maximum atomic E-state index is 13.0. The first-order valence-corrected chi connectivity index (χ1v) is 11.6. The number of nitrogens with zero attached hydrogens (tertiary/aromatic N) is 5. The van der Waals surface area contributed by atoms with Crippen LogP contribution in [0.4, 0.5) is 18.9 Å². The minimum Gasteiger partial charge on any atom is -0.364 e. The SMILES string of the molecule is C[C@H](C1=C(CC(F)(F)F)N=C=C=C1)N1CCN(c2cnn(CC3CCC3)c(=O)c2Cl)[C@H](C)C1. The molecule has 1 aromatic rings. The second-order valence-electron chi connectivity index (χ2n) is 9.05. The molecule has 1 saturated carbocycles. The van der Waals surface area contributed by atoms with E-state index in [9.17, 15) is 18.0 Å². The van der Waals surface area contributed by atoms with E-state index in [1.54, 1.807) is 12.3 Å². The largest absolute Gasteiger partial charge is 0.394 e. The van der Waals surface area contributed by atoms with Gasteiger partial charge in [-0.05, 0) is 44.4 Å². The van der Waals surface area contributed by atoms with E-state index in [-0.39, 0.29) is 28.4 Å². The van der Waals surface area contributed by atoms with Gasteiger partial charge in [-0.25, -0.2) is 9.67 Å². The molecule has 2 fully saturated rings. The number of hydrogen-bond acceptors (Lipinski definition) is 5. The Balaban J connectivity index is 1.47. The number of allylic oxidation sites excluding steroid dienone is 1. The average Bonchev–Trinajstić information content (AvgIpc) is 2.73. The van der Waals surface area contributed by atoms with Crippen molar-refractivity contribution in [2.75, 3.05) is 24.5 Å². The van der Waals surface area contributed by atoms with Crippen molar-refractivity contribution in [3.63, 3.8) is 0 Å². The Morgan fingerprint density at radius 3 is 2.70 bits per heavy atom. The lowest BCUT2D eigenvalue weighted by Crippen LogP contribution is -2.55. The Labute approximate surface area is 195 Å². The molecule has 6 nitrogen and oxygen atoms in total. The monoisotopic (exact) mass is 481 g/mol. The normalized spacial score (nSPS) is 22.7. The summed E-state index contributed by atoms with van der Waals surface area (Å²) in [6.07, 6.45) is 1.18. The molecule has 0 spiro atoms. The summed E-state index contributed by atoms with van der Waals surface area (Å²) < 4.78 is 40.4. The topological polar surface area (TPSA) is 53.7 Å². The number of rotatable bonds is 6. The van der Waals surface area contributed by atoms with Crippen LogP contribution in [-0.2, 0) is 6.54 Å². The summed E-state index contributed by atoms with van der Waals surface area (Å²) in [5.74, 6) is 2.89. The number of aliphatic imine (C=N–C) groups is 1. The van der Waals surface area contributed by atoms with Gasteiger partial charge < -0.3 is 4.90 Å². The number of piperazine rings is 1. The zero-order valence-electron chi connectivity index (χ0n) is 18.7. The van der Waals surface area contributed by atoms with Gasteiger partial charge in [-0.2, -0.15) is 18.3 Å². The molecule has 2 aliphatic heterocycles. The molecule has 0 bridgehead atoms. The minimum atomic E-state index is -4.34. The smallest absolute Gasteiger partial charge is 0.364 e. The van der Waals surface area contributed by atoms with Crippen molar-refractivity contribution in [3.8, 4) is 0 Å². The van der Waals surface area contributed by atoms with Crippen molar-refractivity contribution in [1.82, 2.24) is 14.7 Å². The van der Waals surface area contributed by atoms with Crippen molar-refractivity contribution in [3.05, 3.63) is 44.7 Å². The summed E-state index contributed by atoms with van der Waals surface area (Å²) >= 11 is 6.47. The highest BCUT2D eigenvalue weighted by Gasteiger charge is 2.34. The van der Waals surface area contributed by atoms with Gasteiger partial charge in [-0.1, -0.05) is 18.0 Å². The zero-order valence-corrected chi connectivity index (χ0v) is 19.5. The molecular formula is C23H27ClF3N5O. The lowest BCUT2D eigenvalue weighted by molar-refractivity contribution is -0.127. The third-order valence-electron chi connectivity index (χ3n) is 6.77. The Morgan fingerprint density at radius 2 is 2.06 bits per heavy atom. The standard InChI is InChI=1S/C23H27ClF3N5O/c1-15-13-30(16(2)18-7-4-8-28-19(18)11-23(25,26)27)9-10-31(15)20-12-29-32(22(33)21(20)24)14-17-5-3-6-17/h7,12,15-17H,3,5-6,9-11,13-14H2,1-2H3/t15-,16-/m1/s1. The fourth-order valence-electron chi connectivity index (χ4n) is 4.65. The van der Waals surface area contributed by atoms with E-state index in [1.807, 2.05) is 18.7 Å². The second kappa shape index (κ2) is 9.51. The van der Waals surface area contributed by atoms with Gasteiger partial charge in [0.05, 0.1) is 24.0 Å². The molecule has 3 heterocycles. The highest BCUT2D eigenvalue weighted by atomic mass is 35.5. The number of alkyl halides is 3. The van der Waals surface area contributed by atoms with E-state index in [2.05, 4.69) is 26.6 Å². The third-order valence-corrected chi connectivity index (χ3v) is 7.13. The first kappa shape index (κ1) is 23.8. The fourth-order valence-corrected chi connectivity index (χ4v) is 4.90. The molecule has 0 radical (unpaired) electrons. The molecule has 33 heavy (non-hydrogen) atoms. The van der Waals surface area contributed by atoms with Crippen LogP contribution in [0, 0.1) is 5.92 Å². The van der Waals surface area contributed by atoms with Crippen molar-refractivity contribution in [2.45, 2.75) is 64.3 Å². The molecule has 0 unspecified atom stereocenters. The van der Waals surface area contributed by atoms with Crippen molar-refractivity contribution in [2.24, 2.45) is 10.9 Å². The molecule has 178 valence electrons. The number of halogens is 4. The second-order valence-corrected chi connectivity index (χ2v) is 9.43. The van der Waals surface area contributed by atoms with Crippen molar-refractivity contribution >= 4 is 23.2 Å². The quantitative estimate of drug-likeness (QED) is 0.571. The Morgan fingerprint density at radius 1 is 1.30 bits per heavy atom. The van der Waals surface area contributed by atoms with Crippen LogP contribution < -0.4 is 10.5 Å². The van der Waals surface area contributed by atoms with Crippen molar-refractivity contribution in [1.29, 1.82) is 0 Å². The fraction of sp³-hybridized carbons (Fsp3) is 0.609.